The third-order valence-electron chi connectivity index (χ3n) is 5.24. The molecule has 1 aliphatic rings. The number of methoxy groups -OCH3 is 1. The molecule has 2 amide bonds. The average Bonchev–Trinajstić information content (AvgIpc) is 2.79. The fourth-order valence-electron chi connectivity index (χ4n) is 3.66. The monoisotopic (exact) mass is 449 g/mol. The molecule has 2 N–H and O–H groups in total. The highest BCUT2D eigenvalue weighted by atomic mass is 32.2. The van der Waals surface area contributed by atoms with Crippen LogP contribution in [0, 0.1) is 31.1 Å². The van der Waals surface area contributed by atoms with Gasteiger partial charge in [0.2, 0.25) is 11.8 Å². The van der Waals surface area contributed by atoms with Crippen LogP contribution in [0.2, 0.25) is 0 Å². The maximum Gasteiger partial charge on any atom is 0.319 e. The quantitative estimate of drug-likeness (QED) is 0.517. The van der Waals surface area contributed by atoms with E-state index in [2.05, 4.69) is 16.7 Å². The summed E-state index contributed by atoms with van der Waals surface area (Å²) in [4.78, 5) is 37.8. The molecule has 2 aromatic carbocycles. The molecule has 0 spiro atoms. The van der Waals surface area contributed by atoms with E-state index in [1.54, 1.807) is 24.3 Å². The van der Waals surface area contributed by atoms with Gasteiger partial charge in [0.05, 0.1) is 29.5 Å². The minimum absolute atomic E-state index is 0.0149. The van der Waals surface area contributed by atoms with Gasteiger partial charge in [0, 0.05) is 11.6 Å². The fourth-order valence-corrected chi connectivity index (χ4v) is 4.51. The first-order valence-electron chi connectivity index (χ1n) is 9.94. The molecule has 1 aliphatic heterocycles. The largest absolute Gasteiger partial charge is 0.468 e. The lowest BCUT2D eigenvalue weighted by molar-refractivity contribution is -0.150. The number of nitriles is 1. The van der Waals surface area contributed by atoms with Gasteiger partial charge < -0.3 is 15.4 Å². The van der Waals surface area contributed by atoms with Crippen molar-refractivity contribution in [2.75, 3.05) is 18.2 Å². The number of hydrogen-bond donors (Lipinski definition) is 2. The Balaban J connectivity index is 1.88. The third-order valence-corrected chi connectivity index (χ3v) is 6.25. The molecule has 32 heavy (non-hydrogen) atoms. The summed E-state index contributed by atoms with van der Waals surface area (Å²) >= 11 is 1.05. The fraction of sp³-hybridized carbons (Fsp3) is 0.250. The molecule has 1 heterocycles. The molecule has 0 fully saturated rings. The summed E-state index contributed by atoms with van der Waals surface area (Å²) < 4.78 is 4.82. The van der Waals surface area contributed by atoms with E-state index in [0.29, 0.717) is 5.56 Å². The van der Waals surface area contributed by atoms with Crippen LogP contribution < -0.4 is 10.6 Å². The molecule has 0 unspecified atom stereocenters. The van der Waals surface area contributed by atoms with E-state index < -0.39 is 23.7 Å². The van der Waals surface area contributed by atoms with Crippen LogP contribution in [0.1, 0.15) is 22.6 Å². The van der Waals surface area contributed by atoms with E-state index in [9.17, 15) is 19.6 Å². The van der Waals surface area contributed by atoms with Gasteiger partial charge in [0.15, 0.2) is 0 Å². The number of ether oxygens (including phenoxy) is 1. The molecule has 0 aromatic heterocycles. The van der Waals surface area contributed by atoms with Crippen LogP contribution in [-0.4, -0.2) is 30.6 Å². The number of nitrogens with zero attached hydrogens (tertiary/aromatic N) is 1. The highest BCUT2D eigenvalue weighted by Crippen LogP contribution is 2.40. The van der Waals surface area contributed by atoms with Gasteiger partial charge in [0.1, 0.15) is 5.92 Å². The highest BCUT2D eigenvalue weighted by molar-refractivity contribution is 8.03. The van der Waals surface area contributed by atoms with Gasteiger partial charge in [0.25, 0.3) is 0 Å². The first-order valence-corrected chi connectivity index (χ1v) is 10.9. The number of nitrogens with one attached hydrogen (secondary N) is 2. The molecular weight excluding hydrogens is 426 g/mol. The molecule has 0 bridgehead atoms. The van der Waals surface area contributed by atoms with Crippen molar-refractivity contribution >= 4 is 35.2 Å². The van der Waals surface area contributed by atoms with Crippen molar-refractivity contribution in [3.8, 4) is 6.07 Å². The Hall–Kier alpha value is -3.57. The number of allylic oxidation sites excluding steroid dienone is 1. The summed E-state index contributed by atoms with van der Waals surface area (Å²) in [7, 11) is 1.20. The number of esters is 1. The van der Waals surface area contributed by atoms with Crippen LogP contribution in [0.3, 0.4) is 0 Å². The lowest BCUT2D eigenvalue weighted by Gasteiger charge is -2.30. The summed E-state index contributed by atoms with van der Waals surface area (Å²) in [6, 6.07) is 16.7. The summed E-state index contributed by atoms with van der Waals surface area (Å²) in [5, 5.41) is 15.7. The summed E-state index contributed by atoms with van der Waals surface area (Å²) in [5.41, 5.74) is 3.49. The Morgan fingerprint density at radius 2 is 1.78 bits per heavy atom. The second kappa shape index (κ2) is 10.2. The topological polar surface area (TPSA) is 108 Å². The molecule has 7 nitrogen and oxygen atoms in total. The van der Waals surface area contributed by atoms with Gasteiger partial charge in [-0.2, -0.15) is 5.26 Å². The van der Waals surface area contributed by atoms with Crippen molar-refractivity contribution in [3.05, 3.63) is 75.8 Å². The number of carbonyl (C=O) groups is 3. The number of rotatable bonds is 6. The molecule has 0 aliphatic carbocycles. The number of carbonyl (C=O) groups excluding carboxylic acids is 3. The molecule has 2 atom stereocenters. The minimum Gasteiger partial charge on any atom is -0.468 e. The zero-order chi connectivity index (χ0) is 23.3. The second-order valence-electron chi connectivity index (χ2n) is 7.34. The second-order valence-corrected chi connectivity index (χ2v) is 8.32. The van der Waals surface area contributed by atoms with Crippen molar-refractivity contribution in [2.24, 2.45) is 5.92 Å². The van der Waals surface area contributed by atoms with E-state index in [4.69, 9.17) is 4.74 Å². The maximum atomic E-state index is 12.8. The Kier molecular flexibility index (Phi) is 7.33. The van der Waals surface area contributed by atoms with E-state index >= 15 is 0 Å². The zero-order valence-electron chi connectivity index (χ0n) is 18.0. The molecule has 0 saturated heterocycles. The van der Waals surface area contributed by atoms with Gasteiger partial charge >= 0.3 is 5.97 Å². The Bertz CT molecular complexity index is 1100. The molecular formula is C24H23N3O4S. The van der Waals surface area contributed by atoms with Gasteiger partial charge in [-0.3, -0.25) is 14.4 Å². The van der Waals surface area contributed by atoms with Crippen molar-refractivity contribution < 1.29 is 19.1 Å². The summed E-state index contributed by atoms with van der Waals surface area (Å²) in [5.74, 6) is -3.56. The standard InChI is InChI=1S/C24H23N3O4S/c1-14-8-7-9-15(2)21(14)26-18(28)13-32-23-17(12-25)19(16-10-5-4-6-11-16)20(22(29)27-23)24(30)31-3/h4-11,19-20H,13H2,1-3H3,(H,26,28)(H,27,29)/t19-,20-/m1/s1. The van der Waals surface area contributed by atoms with Crippen LogP contribution in [-0.2, 0) is 19.1 Å². The average molecular weight is 450 g/mol. The lowest BCUT2D eigenvalue weighted by atomic mass is 9.78. The van der Waals surface area contributed by atoms with Crippen LogP contribution in [0.4, 0.5) is 5.69 Å². The van der Waals surface area contributed by atoms with E-state index in [0.717, 1.165) is 28.6 Å². The molecule has 2 aromatic rings. The van der Waals surface area contributed by atoms with Gasteiger partial charge in [-0.15, -0.1) is 0 Å². The molecule has 164 valence electrons. The van der Waals surface area contributed by atoms with Crippen LogP contribution in [0.5, 0.6) is 0 Å². The number of amides is 2. The van der Waals surface area contributed by atoms with Crippen LogP contribution in [0.15, 0.2) is 59.1 Å². The number of aryl methyl sites for hydroxylation is 2. The van der Waals surface area contributed by atoms with Gasteiger partial charge in [-0.05, 0) is 30.5 Å². The Morgan fingerprint density at radius 3 is 2.38 bits per heavy atom. The number of thioether (sulfide) groups is 1. The van der Waals surface area contributed by atoms with Crippen molar-refractivity contribution in [1.82, 2.24) is 5.32 Å². The van der Waals surface area contributed by atoms with Crippen molar-refractivity contribution in [1.29, 1.82) is 5.26 Å². The summed E-state index contributed by atoms with van der Waals surface area (Å²) in [6.07, 6.45) is 0. The number of benzene rings is 2. The van der Waals surface area contributed by atoms with E-state index in [1.807, 2.05) is 38.1 Å². The highest BCUT2D eigenvalue weighted by Gasteiger charge is 2.44. The number of hydrogen-bond acceptors (Lipinski definition) is 6. The van der Waals surface area contributed by atoms with Crippen molar-refractivity contribution in [2.45, 2.75) is 19.8 Å². The molecule has 3 rings (SSSR count). The number of anilines is 1. The smallest absolute Gasteiger partial charge is 0.319 e. The first-order chi connectivity index (χ1) is 15.4. The van der Waals surface area contributed by atoms with E-state index in [1.165, 1.54) is 7.11 Å². The van der Waals surface area contributed by atoms with Gasteiger partial charge in [-0.25, -0.2) is 0 Å². The van der Waals surface area contributed by atoms with Crippen molar-refractivity contribution in [3.63, 3.8) is 0 Å². The maximum absolute atomic E-state index is 12.8. The molecule has 0 saturated carbocycles. The van der Waals surface area contributed by atoms with E-state index in [-0.39, 0.29) is 22.3 Å². The Morgan fingerprint density at radius 1 is 1.12 bits per heavy atom. The summed E-state index contributed by atoms with van der Waals surface area (Å²) in [6.45, 7) is 3.82. The Labute approximate surface area is 190 Å². The number of para-hydroxylation sites is 1. The minimum atomic E-state index is -1.19. The van der Waals surface area contributed by atoms with Crippen LogP contribution >= 0.6 is 11.8 Å². The third kappa shape index (κ3) is 4.84. The first kappa shape index (κ1) is 23.1. The zero-order valence-corrected chi connectivity index (χ0v) is 18.8. The lowest BCUT2D eigenvalue weighted by Crippen LogP contribution is -2.44. The predicted molar refractivity (Wildman–Crippen MR) is 122 cm³/mol. The van der Waals surface area contributed by atoms with Gasteiger partial charge in [-0.1, -0.05) is 60.3 Å². The predicted octanol–water partition coefficient (Wildman–Crippen LogP) is 3.41. The molecule has 8 heteroatoms. The normalized spacial score (nSPS) is 17.9. The van der Waals surface area contributed by atoms with Crippen LogP contribution in [0.25, 0.3) is 0 Å². The SMILES string of the molecule is COC(=O)[C@H]1C(=O)NC(SCC(=O)Nc2c(C)cccc2C)=C(C#N)[C@H]1c1ccccc1. The molecule has 0 radical (unpaired) electrons.